The van der Waals surface area contributed by atoms with Crippen LogP contribution in [0.25, 0.3) is 11.0 Å². The Balaban J connectivity index is 1.76. The highest BCUT2D eigenvalue weighted by Crippen LogP contribution is 2.21. The van der Waals surface area contributed by atoms with Crippen LogP contribution >= 0.6 is 0 Å². The molecule has 7 heteroatoms. The highest BCUT2D eigenvalue weighted by Gasteiger charge is 2.18. The van der Waals surface area contributed by atoms with E-state index >= 15 is 0 Å². The molecule has 0 unspecified atom stereocenters. The molecule has 29 heavy (non-hydrogen) atoms. The minimum absolute atomic E-state index is 0.00780. The molecule has 1 aliphatic rings. The number of nitrogens with one attached hydrogen (secondary N) is 1. The van der Waals surface area contributed by atoms with Gasteiger partial charge in [-0.1, -0.05) is 0 Å². The van der Waals surface area contributed by atoms with E-state index in [1.165, 1.54) is 24.3 Å². The Morgan fingerprint density at radius 3 is 2.90 bits per heavy atom. The molecular weight excluding hydrogens is 375 g/mol. The van der Waals surface area contributed by atoms with Gasteiger partial charge in [-0.05, 0) is 61.7 Å². The summed E-state index contributed by atoms with van der Waals surface area (Å²) in [4.78, 5) is 17.3. The van der Waals surface area contributed by atoms with Gasteiger partial charge < -0.3 is 19.6 Å². The number of fused-ring (bicyclic) bond motifs is 1. The van der Waals surface area contributed by atoms with Crippen LogP contribution in [0.15, 0.2) is 51.9 Å². The summed E-state index contributed by atoms with van der Waals surface area (Å²) < 4.78 is 25.0. The van der Waals surface area contributed by atoms with Crippen LogP contribution in [-0.4, -0.2) is 30.3 Å². The van der Waals surface area contributed by atoms with Gasteiger partial charge in [-0.3, -0.25) is 4.79 Å². The number of carbonyl (C=O) groups excluding carboxylic acids is 1. The van der Waals surface area contributed by atoms with Crippen LogP contribution in [0, 0.1) is 12.7 Å². The fraction of sp³-hybridized carbons (Fsp3) is 0.273. The number of rotatable bonds is 4. The minimum atomic E-state index is -0.336. The van der Waals surface area contributed by atoms with Gasteiger partial charge in [-0.15, -0.1) is 0 Å². The van der Waals surface area contributed by atoms with Crippen LogP contribution < -0.4 is 10.9 Å². The third-order valence-corrected chi connectivity index (χ3v) is 4.87. The normalized spacial score (nSPS) is 17.0. The van der Waals surface area contributed by atoms with Crippen LogP contribution in [0.3, 0.4) is 0 Å². The van der Waals surface area contributed by atoms with Gasteiger partial charge in [0.05, 0.1) is 11.8 Å². The second-order valence-electron chi connectivity index (χ2n) is 7.08. The van der Waals surface area contributed by atoms with E-state index in [0.717, 1.165) is 12.8 Å². The summed E-state index contributed by atoms with van der Waals surface area (Å²) in [5, 5.41) is 13.3. The van der Waals surface area contributed by atoms with Gasteiger partial charge in [-0.2, -0.15) is 0 Å². The summed E-state index contributed by atoms with van der Waals surface area (Å²) in [6, 6.07) is 10.7. The molecule has 3 aromatic rings. The minimum Gasteiger partial charge on any atom is -0.508 e. The van der Waals surface area contributed by atoms with E-state index < -0.39 is 0 Å². The smallest absolute Gasteiger partial charge is 0.256 e. The lowest BCUT2D eigenvalue weighted by atomic mass is 10.1. The summed E-state index contributed by atoms with van der Waals surface area (Å²) in [6.07, 6.45) is 1.90. The molecule has 0 spiro atoms. The predicted molar refractivity (Wildman–Crippen MR) is 106 cm³/mol. The molecule has 0 aliphatic carbocycles. The van der Waals surface area contributed by atoms with Crippen LogP contribution in [-0.2, 0) is 4.74 Å². The molecule has 2 N–H and O–H groups in total. The largest absolute Gasteiger partial charge is 0.508 e. The molecule has 1 aromatic heterocycles. The van der Waals surface area contributed by atoms with E-state index in [1.54, 1.807) is 25.1 Å². The Kier molecular flexibility index (Phi) is 5.31. The zero-order valence-corrected chi connectivity index (χ0v) is 15.9. The lowest BCUT2D eigenvalue weighted by Gasteiger charge is -2.11. The van der Waals surface area contributed by atoms with Gasteiger partial charge in [0.25, 0.3) is 5.91 Å². The standard InChI is InChI=1S/C22H21FN2O4/c1-13-9-15(5-7-19(13)23)25-22-18(21(27)24-12-17-3-2-8-28-17)10-14-4-6-16(26)11-20(14)29-22/h4-7,9-11,17,26H,2-3,8,12H2,1H3,(H,24,27)/t17-/m1/s1. The van der Waals surface area contributed by atoms with Crippen molar-refractivity contribution in [1.29, 1.82) is 0 Å². The number of halogens is 1. The Labute approximate surface area is 166 Å². The van der Waals surface area contributed by atoms with E-state index in [0.29, 0.717) is 35.4 Å². The fourth-order valence-corrected chi connectivity index (χ4v) is 3.28. The van der Waals surface area contributed by atoms with Crippen molar-refractivity contribution in [2.24, 2.45) is 4.99 Å². The number of carbonyl (C=O) groups is 1. The first-order valence-electron chi connectivity index (χ1n) is 9.47. The average molecular weight is 396 g/mol. The third-order valence-electron chi connectivity index (χ3n) is 4.87. The van der Waals surface area contributed by atoms with Gasteiger partial charge >= 0.3 is 0 Å². The fourth-order valence-electron chi connectivity index (χ4n) is 3.28. The molecule has 1 saturated heterocycles. The maximum Gasteiger partial charge on any atom is 0.256 e. The van der Waals surface area contributed by atoms with Crippen molar-refractivity contribution in [3.63, 3.8) is 0 Å². The second kappa shape index (κ2) is 8.05. The van der Waals surface area contributed by atoms with Crippen molar-refractivity contribution in [1.82, 2.24) is 5.32 Å². The highest BCUT2D eigenvalue weighted by atomic mass is 19.1. The lowest BCUT2D eigenvalue weighted by molar-refractivity contribution is 0.0854. The topological polar surface area (TPSA) is 84.1 Å². The average Bonchev–Trinajstić information content (AvgIpc) is 3.22. The van der Waals surface area contributed by atoms with E-state index in [1.807, 2.05) is 0 Å². The maximum atomic E-state index is 13.6. The number of amides is 1. The van der Waals surface area contributed by atoms with Crippen LogP contribution in [0.2, 0.25) is 0 Å². The van der Waals surface area contributed by atoms with E-state index in [4.69, 9.17) is 9.15 Å². The number of aryl methyl sites for hydroxylation is 1. The second-order valence-corrected chi connectivity index (χ2v) is 7.08. The molecule has 2 aromatic carbocycles. The number of aromatic hydroxyl groups is 1. The zero-order valence-electron chi connectivity index (χ0n) is 15.9. The number of nitrogens with zero attached hydrogens (tertiary/aromatic N) is 1. The van der Waals surface area contributed by atoms with Crippen molar-refractivity contribution < 1.29 is 23.4 Å². The molecule has 1 aliphatic heterocycles. The van der Waals surface area contributed by atoms with Gasteiger partial charge in [0.2, 0.25) is 5.55 Å². The molecule has 0 radical (unpaired) electrons. The van der Waals surface area contributed by atoms with Crippen molar-refractivity contribution >= 4 is 22.6 Å². The zero-order chi connectivity index (χ0) is 20.4. The summed E-state index contributed by atoms with van der Waals surface area (Å²) in [6.45, 7) is 2.75. The number of hydrogen-bond donors (Lipinski definition) is 2. The van der Waals surface area contributed by atoms with E-state index in [9.17, 15) is 14.3 Å². The number of phenolic OH excluding ortho intramolecular Hbond substituents is 1. The molecule has 1 atom stereocenters. The maximum absolute atomic E-state index is 13.6. The number of benzene rings is 2. The van der Waals surface area contributed by atoms with Gasteiger partial charge in [-0.25, -0.2) is 9.38 Å². The lowest BCUT2D eigenvalue weighted by Crippen LogP contribution is -2.34. The van der Waals surface area contributed by atoms with E-state index in [2.05, 4.69) is 10.3 Å². The molecule has 6 nitrogen and oxygen atoms in total. The molecule has 2 heterocycles. The first-order valence-corrected chi connectivity index (χ1v) is 9.47. The van der Waals surface area contributed by atoms with Crippen molar-refractivity contribution in [3.8, 4) is 5.75 Å². The first-order chi connectivity index (χ1) is 14.0. The molecule has 4 rings (SSSR count). The van der Waals surface area contributed by atoms with Crippen molar-refractivity contribution in [2.45, 2.75) is 25.9 Å². The van der Waals surface area contributed by atoms with Gasteiger partial charge in [0.15, 0.2) is 0 Å². The van der Waals surface area contributed by atoms with Gasteiger partial charge in [0, 0.05) is 24.6 Å². The number of phenols is 1. The summed E-state index contributed by atoms with van der Waals surface area (Å²) >= 11 is 0. The number of ether oxygens (including phenoxy) is 1. The Morgan fingerprint density at radius 1 is 1.28 bits per heavy atom. The van der Waals surface area contributed by atoms with Crippen molar-refractivity contribution in [2.75, 3.05) is 13.2 Å². The van der Waals surface area contributed by atoms with Crippen LogP contribution in [0.1, 0.15) is 28.8 Å². The SMILES string of the molecule is Cc1cc(N=c2oc3cc(O)ccc3cc2C(=O)NC[C@H]2CCCO2)ccc1F. The Bertz CT molecular complexity index is 1130. The first kappa shape index (κ1) is 19.1. The molecule has 0 saturated carbocycles. The quantitative estimate of drug-likeness (QED) is 0.704. The van der Waals surface area contributed by atoms with Crippen LogP contribution in [0.4, 0.5) is 10.1 Å². The predicted octanol–water partition coefficient (Wildman–Crippen LogP) is 3.73. The highest BCUT2D eigenvalue weighted by molar-refractivity contribution is 5.96. The molecule has 1 fully saturated rings. The molecule has 1 amide bonds. The van der Waals surface area contributed by atoms with Crippen molar-refractivity contribution in [3.05, 3.63) is 65.0 Å². The molecule has 150 valence electrons. The van der Waals surface area contributed by atoms with Gasteiger partial charge in [0.1, 0.15) is 22.7 Å². The molecular formula is C22H21FN2O4. The van der Waals surface area contributed by atoms with E-state index in [-0.39, 0.29) is 34.7 Å². The Hall–Kier alpha value is -3.19. The Morgan fingerprint density at radius 2 is 2.14 bits per heavy atom. The summed E-state index contributed by atoms with van der Waals surface area (Å²) in [5.74, 6) is -0.629. The summed E-state index contributed by atoms with van der Waals surface area (Å²) in [5.41, 5.74) is 1.62. The monoisotopic (exact) mass is 396 g/mol. The number of hydrogen-bond acceptors (Lipinski definition) is 5. The summed E-state index contributed by atoms with van der Waals surface area (Å²) in [7, 11) is 0. The molecule has 0 bridgehead atoms. The van der Waals surface area contributed by atoms with Crippen LogP contribution in [0.5, 0.6) is 5.75 Å². The third kappa shape index (κ3) is 4.30.